The maximum atomic E-state index is 10.2. The van der Waals surface area contributed by atoms with Gasteiger partial charge in [-0.2, -0.15) is 15.6 Å². The molecule has 0 spiro atoms. The Morgan fingerprint density at radius 2 is 2.08 bits per heavy atom. The summed E-state index contributed by atoms with van der Waals surface area (Å²) in [6, 6.07) is 7.44. The minimum absolute atomic E-state index is 0.0463. The number of nitriles is 2. The van der Waals surface area contributed by atoms with Crippen molar-refractivity contribution in [2.24, 2.45) is 0 Å². The van der Waals surface area contributed by atoms with Crippen molar-refractivity contribution in [3.05, 3.63) is 36.1 Å². The third-order valence-corrected chi connectivity index (χ3v) is 4.59. The van der Waals surface area contributed by atoms with Crippen molar-refractivity contribution in [1.82, 2.24) is 9.78 Å². The van der Waals surface area contributed by atoms with Crippen molar-refractivity contribution in [1.29, 1.82) is 10.5 Å². The standard InChI is InChI=1S/C15H11I2N5O2/c16-10-4-8(14(24)12(17)5-10)3-9(6-18)13-11(7-19)15(20)22(21-13)1-2-23/h3-5,23-24H,1-2,20H2/b9-3+. The number of aliphatic hydroxyl groups excluding tert-OH is 1. The van der Waals surface area contributed by atoms with Crippen molar-refractivity contribution in [3.8, 4) is 17.9 Å². The van der Waals surface area contributed by atoms with Crippen LogP contribution in [0, 0.1) is 29.8 Å². The van der Waals surface area contributed by atoms with Crippen molar-refractivity contribution in [2.45, 2.75) is 6.54 Å². The number of rotatable bonds is 4. The summed E-state index contributed by atoms with van der Waals surface area (Å²) in [5.41, 5.74) is 6.58. The van der Waals surface area contributed by atoms with Crippen LogP contribution >= 0.6 is 45.2 Å². The van der Waals surface area contributed by atoms with E-state index in [1.807, 2.05) is 34.7 Å². The number of hydrogen-bond donors (Lipinski definition) is 3. The number of nitrogens with two attached hydrogens (primary N) is 1. The molecule has 0 amide bonds. The van der Waals surface area contributed by atoms with E-state index in [1.54, 1.807) is 12.1 Å². The Labute approximate surface area is 165 Å². The Kier molecular flexibility index (Phi) is 6.04. The molecule has 1 heterocycles. The fourth-order valence-corrected chi connectivity index (χ4v) is 3.93. The highest BCUT2D eigenvalue weighted by Gasteiger charge is 2.19. The lowest BCUT2D eigenvalue weighted by molar-refractivity contribution is 0.270. The van der Waals surface area contributed by atoms with Crippen LogP contribution in [0.5, 0.6) is 5.75 Å². The third-order valence-electron chi connectivity index (χ3n) is 3.15. The molecule has 2 aromatic rings. The minimum Gasteiger partial charge on any atom is -0.506 e. The number of aromatic nitrogens is 2. The van der Waals surface area contributed by atoms with Gasteiger partial charge in [0.05, 0.1) is 22.3 Å². The normalized spacial score (nSPS) is 11.1. The lowest BCUT2D eigenvalue weighted by atomic mass is 10.1. The summed E-state index contributed by atoms with van der Waals surface area (Å²) in [5, 5.41) is 42.1. The van der Waals surface area contributed by atoms with Gasteiger partial charge in [-0.25, -0.2) is 4.68 Å². The van der Waals surface area contributed by atoms with E-state index in [-0.39, 0.29) is 41.5 Å². The fourth-order valence-electron chi connectivity index (χ4n) is 2.04. The molecule has 0 aliphatic heterocycles. The van der Waals surface area contributed by atoms with Crippen molar-refractivity contribution in [3.63, 3.8) is 0 Å². The second kappa shape index (κ2) is 7.83. The van der Waals surface area contributed by atoms with Gasteiger partial charge in [-0.3, -0.25) is 0 Å². The summed E-state index contributed by atoms with van der Waals surface area (Å²) in [4.78, 5) is 0. The highest BCUT2D eigenvalue weighted by Crippen LogP contribution is 2.31. The van der Waals surface area contributed by atoms with Crippen LogP contribution in [0.3, 0.4) is 0 Å². The van der Waals surface area contributed by atoms with Crippen LogP contribution in [0.25, 0.3) is 11.6 Å². The van der Waals surface area contributed by atoms with E-state index in [4.69, 9.17) is 10.8 Å². The van der Waals surface area contributed by atoms with E-state index < -0.39 is 0 Å². The molecule has 9 heteroatoms. The molecule has 0 radical (unpaired) electrons. The number of aliphatic hydroxyl groups is 1. The number of aromatic hydroxyl groups is 1. The van der Waals surface area contributed by atoms with Crippen molar-refractivity contribution in [2.75, 3.05) is 12.3 Å². The van der Waals surface area contributed by atoms with Gasteiger partial charge >= 0.3 is 0 Å². The largest absolute Gasteiger partial charge is 0.506 e. The molecule has 0 aliphatic rings. The van der Waals surface area contributed by atoms with Gasteiger partial charge in [-0.15, -0.1) is 0 Å². The van der Waals surface area contributed by atoms with Crippen LogP contribution in [-0.4, -0.2) is 26.6 Å². The van der Waals surface area contributed by atoms with E-state index in [1.165, 1.54) is 10.8 Å². The first-order valence-corrected chi connectivity index (χ1v) is 8.76. The van der Waals surface area contributed by atoms with Gasteiger partial charge in [-0.05, 0) is 63.4 Å². The van der Waals surface area contributed by atoms with E-state index in [0.29, 0.717) is 9.13 Å². The van der Waals surface area contributed by atoms with E-state index >= 15 is 0 Å². The predicted octanol–water partition coefficient (Wildman–Crippen LogP) is 2.31. The topological polar surface area (TPSA) is 132 Å². The molecule has 0 atom stereocenters. The monoisotopic (exact) mass is 547 g/mol. The Morgan fingerprint density at radius 3 is 2.67 bits per heavy atom. The number of halogens is 2. The Bertz CT molecular complexity index is 906. The zero-order valence-electron chi connectivity index (χ0n) is 12.2. The Morgan fingerprint density at radius 1 is 1.38 bits per heavy atom. The first kappa shape index (κ1) is 18.5. The van der Waals surface area contributed by atoms with Crippen LogP contribution in [-0.2, 0) is 6.54 Å². The summed E-state index contributed by atoms with van der Waals surface area (Å²) >= 11 is 4.10. The quantitative estimate of drug-likeness (QED) is 0.398. The predicted molar refractivity (Wildman–Crippen MR) is 105 cm³/mol. The zero-order valence-corrected chi connectivity index (χ0v) is 16.5. The number of phenolic OH excluding ortho intramolecular Hbond substituents is 1. The number of nitrogen functional groups attached to an aromatic ring is 1. The van der Waals surface area contributed by atoms with Gasteiger partial charge < -0.3 is 15.9 Å². The zero-order chi connectivity index (χ0) is 17.9. The molecular weight excluding hydrogens is 536 g/mol. The summed E-state index contributed by atoms with van der Waals surface area (Å²) in [6.07, 6.45) is 1.46. The van der Waals surface area contributed by atoms with Gasteiger partial charge in [-0.1, -0.05) is 0 Å². The Balaban J connectivity index is 2.64. The third kappa shape index (κ3) is 3.63. The Hall–Kier alpha value is -1.83. The molecule has 0 aliphatic carbocycles. The first-order chi connectivity index (χ1) is 11.4. The molecule has 24 heavy (non-hydrogen) atoms. The molecule has 1 aromatic heterocycles. The average Bonchev–Trinajstić information content (AvgIpc) is 2.85. The number of anilines is 1. The maximum absolute atomic E-state index is 10.2. The molecule has 0 fully saturated rings. The molecule has 1 aromatic carbocycles. The van der Waals surface area contributed by atoms with Gasteiger partial charge in [0, 0.05) is 9.13 Å². The minimum atomic E-state index is -0.197. The summed E-state index contributed by atoms with van der Waals surface area (Å²) in [6.45, 7) is -0.0801. The smallest absolute Gasteiger partial charge is 0.140 e. The number of allylic oxidation sites excluding steroid dienone is 1. The highest BCUT2D eigenvalue weighted by atomic mass is 127. The van der Waals surface area contributed by atoms with E-state index in [0.717, 1.165) is 3.57 Å². The highest BCUT2D eigenvalue weighted by molar-refractivity contribution is 14.1. The molecule has 2 rings (SSSR count). The summed E-state index contributed by atoms with van der Waals surface area (Å²) in [7, 11) is 0. The number of benzene rings is 1. The molecule has 4 N–H and O–H groups in total. The van der Waals surface area contributed by atoms with E-state index in [9.17, 15) is 15.6 Å². The number of hydrogen-bond acceptors (Lipinski definition) is 6. The molecule has 7 nitrogen and oxygen atoms in total. The molecule has 122 valence electrons. The van der Waals surface area contributed by atoms with Gasteiger partial charge in [0.2, 0.25) is 0 Å². The second-order valence-electron chi connectivity index (χ2n) is 4.66. The summed E-state index contributed by atoms with van der Waals surface area (Å²) < 4.78 is 2.82. The summed E-state index contributed by atoms with van der Waals surface area (Å²) in [5.74, 6) is 0.134. The second-order valence-corrected chi connectivity index (χ2v) is 7.07. The van der Waals surface area contributed by atoms with Gasteiger partial charge in [0.15, 0.2) is 0 Å². The average molecular weight is 547 g/mol. The van der Waals surface area contributed by atoms with Gasteiger partial charge in [0.1, 0.15) is 35.0 Å². The molecular formula is C15H11I2N5O2. The van der Waals surface area contributed by atoms with E-state index in [2.05, 4.69) is 27.7 Å². The molecule has 0 unspecified atom stereocenters. The van der Waals surface area contributed by atoms with Crippen molar-refractivity contribution < 1.29 is 10.2 Å². The van der Waals surface area contributed by atoms with Crippen LogP contribution in [0.4, 0.5) is 5.82 Å². The van der Waals surface area contributed by atoms with Crippen LogP contribution < -0.4 is 5.73 Å². The van der Waals surface area contributed by atoms with Crippen LogP contribution in [0.15, 0.2) is 12.1 Å². The lowest BCUT2D eigenvalue weighted by Gasteiger charge is -2.04. The van der Waals surface area contributed by atoms with Crippen molar-refractivity contribution >= 4 is 62.6 Å². The lowest BCUT2D eigenvalue weighted by Crippen LogP contribution is -2.07. The molecule has 0 saturated carbocycles. The molecule has 0 saturated heterocycles. The number of phenols is 1. The molecule has 0 bridgehead atoms. The van der Waals surface area contributed by atoms with Gasteiger partial charge in [0.25, 0.3) is 0 Å². The van der Waals surface area contributed by atoms with Crippen LogP contribution in [0.2, 0.25) is 0 Å². The fraction of sp³-hybridized carbons (Fsp3) is 0.133. The number of nitrogens with zero attached hydrogens (tertiary/aromatic N) is 4. The SMILES string of the molecule is N#C/C(=C\c1cc(I)cc(I)c1O)c1nn(CCO)c(N)c1C#N. The van der Waals surface area contributed by atoms with Crippen LogP contribution in [0.1, 0.15) is 16.8 Å². The first-order valence-electron chi connectivity index (χ1n) is 6.60. The maximum Gasteiger partial charge on any atom is 0.140 e.